The van der Waals surface area contributed by atoms with Crippen molar-refractivity contribution in [1.29, 1.82) is 0 Å². The molecule has 0 amide bonds. The number of nitrogens with zero attached hydrogens (tertiary/aromatic N) is 2. The first kappa shape index (κ1) is 12.1. The topological polar surface area (TPSA) is 41.6 Å². The van der Waals surface area contributed by atoms with E-state index in [2.05, 4.69) is 13.7 Å². The van der Waals surface area contributed by atoms with Gasteiger partial charge in [-0.2, -0.15) is 4.37 Å². The first-order valence-corrected chi connectivity index (χ1v) is 5.56. The third-order valence-electron chi connectivity index (χ3n) is 1.43. The fourth-order valence-corrected chi connectivity index (χ4v) is 1.11. The monoisotopic (exact) mass is 231 g/mol. The van der Waals surface area contributed by atoms with Crippen molar-refractivity contribution >= 4 is 11.7 Å². The first-order valence-electron chi connectivity index (χ1n) is 4.78. The molecule has 82 valence electrons. The van der Waals surface area contributed by atoms with Gasteiger partial charge in [-0.15, -0.1) is 0 Å². The Labute approximate surface area is 99.1 Å². The van der Waals surface area contributed by atoms with Gasteiger partial charge in [-0.1, -0.05) is 24.3 Å². The Morgan fingerprint density at radius 3 is 2.12 bits per heavy atom. The van der Waals surface area contributed by atoms with Crippen LogP contribution in [-0.4, -0.2) is 13.7 Å². The van der Waals surface area contributed by atoms with Crippen LogP contribution in [0.2, 0.25) is 0 Å². The predicted octanol–water partition coefficient (Wildman–Crippen LogP) is 3.24. The van der Waals surface area contributed by atoms with Gasteiger partial charge in [0.1, 0.15) is 0 Å². The Kier molecular flexibility index (Phi) is 7.29. The lowest BCUT2D eigenvalue weighted by Gasteiger charge is -1.70. The summed E-state index contributed by atoms with van der Waals surface area (Å²) in [7, 11) is 0. The molecule has 1 rings (SSSR count). The normalized spacial score (nSPS) is 8.00. The molecule has 0 unspecified atom stereocenters. The van der Waals surface area contributed by atoms with Crippen molar-refractivity contribution in [2.24, 2.45) is 0 Å². The van der Waals surface area contributed by atoms with Crippen molar-refractivity contribution in [1.82, 2.24) is 13.7 Å². The molecule has 0 radical (unpaired) electrons. The van der Waals surface area contributed by atoms with Crippen molar-refractivity contribution in [3.05, 3.63) is 73.3 Å². The van der Waals surface area contributed by atoms with Crippen LogP contribution in [0.15, 0.2) is 73.3 Å². The van der Waals surface area contributed by atoms with Crippen LogP contribution in [0.25, 0.3) is 0 Å². The van der Waals surface area contributed by atoms with E-state index in [-0.39, 0.29) is 0 Å². The zero-order valence-electron chi connectivity index (χ0n) is 8.73. The second-order valence-electron chi connectivity index (χ2n) is 2.62. The minimum atomic E-state index is 1.26. The van der Waals surface area contributed by atoms with Crippen LogP contribution in [-0.2, 0) is 0 Å². The molecule has 4 heteroatoms. The Morgan fingerprint density at radius 2 is 1.31 bits per heavy atom. The molecule has 1 aromatic heterocycles. The lowest BCUT2D eigenvalue weighted by Crippen LogP contribution is -1.57. The molecule has 0 saturated heterocycles. The smallest absolute Gasteiger partial charge is 0.0425 e. The summed E-state index contributed by atoms with van der Waals surface area (Å²) in [6.07, 6.45) is 6.96. The van der Waals surface area contributed by atoms with E-state index >= 15 is 0 Å². The van der Waals surface area contributed by atoms with Gasteiger partial charge >= 0.3 is 0 Å². The Hall–Kier alpha value is -1.94. The maximum absolute atomic E-state index is 4.04. The molecule has 0 fully saturated rings. The summed E-state index contributed by atoms with van der Waals surface area (Å²) in [6, 6.07) is 15.1. The summed E-state index contributed by atoms with van der Waals surface area (Å²) in [5, 5.41) is 0. The number of hydrogen-bond donors (Lipinski definition) is 1. The van der Waals surface area contributed by atoms with Crippen LogP contribution in [0.5, 0.6) is 0 Å². The number of aromatic nitrogens is 3. The molecular formula is C12H13N3S. The fraction of sp³-hybridized carbons (Fsp3) is 0. The minimum absolute atomic E-state index is 1.26. The Bertz CT molecular complexity index is 268. The quantitative estimate of drug-likeness (QED) is 0.744. The second-order valence-corrected chi connectivity index (χ2v) is 3.25. The molecule has 0 aromatic carbocycles. The van der Waals surface area contributed by atoms with Crippen molar-refractivity contribution in [3.63, 3.8) is 0 Å². The van der Waals surface area contributed by atoms with Crippen LogP contribution in [0.4, 0.5) is 0 Å². The third kappa shape index (κ3) is 7.46. The van der Waals surface area contributed by atoms with Crippen molar-refractivity contribution in [2.45, 2.75) is 0 Å². The van der Waals surface area contributed by atoms with E-state index in [9.17, 15) is 0 Å². The van der Waals surface area contributed by atoms with E-state index in [1.807, 2.05) is 48.5 Å². The second kappa shape index (κ2) is 9.61. The number of hydrogen-bond acceptors (Lipinski definition) is 3. The highest BCUT2D eigenvalue weighted by Gasteiger charge is 1.59. The van der Waals surface area contributed by atoms with E-state index in [4.69, 9.17) is 0 Å². The zero-order valence-corrected chi connectivity index (χ0v) is 9.55. The molecule has 3 nitrogen and oxygen atoms in total. The highest BCUT2D eigenvalue weighted by atomic mass is 32.1. The molecule has 1 aromatic rings. The Morgan fingerprint density at radius 1 is 0.688 bits per heavy atom. The van der Waals surface area contributed by atoms with Gasteiger partial charge < -0.3 is 4.37 Å². The summed E-state index contributed by atoms with van der Waals surface area (Å²) in [5.41, 5.74) is 0. The van der Waals surface area contributed by atoms with Gasteiger partial charge in [-0.3, -0.25) is 4.98 Å². The summed E-state index contributed by atoms with van der Waals surface area (Å²) >= 11 is 1.26. The van der Waals surface area contributed by atoms with E-state index < -0.39 is 0 Å². The molecule has 1 heterocycles. The van der Waals surface area contributed by atoms with Crippen LogP contribution in [0.3, 0.4) is 0 Å². The minimum Gasteiger partial charge on any atom is -0.303 e. The summed E-state index contributed by atoms with van der Waals surface area (Å²) < 4.78 is 6.97. The zero-order chi connectivity index (χ0) is 11.3. The molecule has 0 aliphatic rings. The molecular weight excluding hydrogens is 218 g/mol. The van der Waals surface area contributed by atoms with Gasteiger partial charge in [0.15, 0.2) is 0 Å². The summed E-state index contributed by atoms with van der Waals surface area (Å²) in [5.74, 6) is 0. The first-order chi connectivity index (χ1) is 8.00. The Balaban J connectivity index is 3.00. The number of rotatable bonds is 0. The lowest BCUT2D eigenvalue weighted by atomic mass is 10.5. The van der Waals surface area contributed by atoms with Gasteiger partial charge in [0.05, 0.1) is 0 Å². The van der Waals surface area contributed by atoms with Gasteiger partial charge in [0.25, 0.3) is 0 Å². The maximum atomic E-state index is 4.04. The predicted molar refractivity (Wildman–Crippen MR) is 67.1 cm³/mol. The summed E-state index contributed by atoms with van der Waals surface area (Å²) in [6.45, 7) is 0. The third-order valence-corrected chi connectivity index (χ3v) is 1.90. The molecule has 16 heavy (non-hydrogen) atoms. The molecule has 0 bridgehead atoms. The highest BCUT2D eigenvalue weighted by molar-refractivity contribution is 6.98. The van der Waals surface area contributed by atoms with Crippen molar-refractivity contribution < 1.29 is 0 Å². The molecule has 0 aliphatic heterocycles. The van der Waals surface area contributed by atoms with Crippen LogP contribution >= 0.6 is 11.7 Å². The largest absolute Gasteiger partial charge is 0.303 e. The standard InChI is InChI=1S/C12H13N3S/c1-2-4-6-11-14-16-15-12-8-7-10-13-9-5-3-1/h1-12,15H. The van der Waals surface area contributed by atoms with E-state index in [1.54, 1.807) is 24.8 Å². The van der Waals surface area contributed by atoms with Crippen LogP contribution in [0, 0.1) is 0 Å². The maximum Gasteiger partial charge on any atom is 0.0425 e. The van der Waals surface area contributed by atoms with Gasteiger partial charge in [-0.25, -0.2) is 0 Å². The van der Waals surface area contributed by atoms with Gasteiger partial charge in [-0.05, 0) is 24.3 Å². The van der Waals surface area contributed by atoms with E-state index in [0.717, 1.165) is 0 Å². The molecule has 0 saturated carbocycles. The molecule has 1 N–H and O–H groups in total. The van der Waals surface area contributed by atoms with E-state index in [1.165, 1.54) is 11.7 Å². The number of aromatic amines is 1. The van der Waals surface area contributed by atoms with Crippen LogP contribution in [0.1, 0.15) is 0 Å². The van der Waals surface area contributed by atoms with Crippen LogP contribution < -0.4 is 0 Å². The lowest BCUT2D eigenvalue weighted by molar-refractivity contribution is 1.35. The molecule has 0 aliphatic carbocycles. The molecule has 0 spiro atoms. The number of nitrogens with one attached hydrogen (secondary N) is 1. The summed E-state index contributed by atoms with van der Waals surface area (Å²) in [4.78, 5) is 4.04. The van der Waals surface area contributed by atoms with Gasteiger partial charge in [0, 0.05) is 36.5 Å². The average Bonchev–Trinajstić information content (AvgIpc) is 2.29. The van der Waals surface area contributed by atoms with E-state index in [0.29, 0.717) is 0 Å². The molecule has 0 atom stereocenters. The highest BCUT2D eigenvalue weighted by Crippen LogP contribution is 1.77. The van der Waals surface area contributed by atoms with Crippen molar-refractivity contribution in [3.8, 4) is 0 Å². The van der Waals surface area contributed by atoms with Crippen molar-refractivity contribution in [2.75, 3.05) is 0 Å². The number of H-pyrrole nitrogens is 1. The SMILES string of the molecule is c1ccccns[nH]ccccnccc1. The average molecular weight is 231 g/mol. The van der Waals surface area contributed by atoms with Gasteiger partial charge in [0.2, 0.25) is 0 Å². The fourth-order valence-electron chi connectivity index (χ4n) is 0.776.